The molecule has 0 saturated heterocycles. The largest absolute Gasteiger partial charge is 0.469 e. The average molecular weight is 980 g/mol. The van der Waals surface area contributed by atoms with Gasteiger partial charge < -0.3 is 19.1 Å². The molecule has 13 rings (SSSR count). The minimum absolute atomic E-state index is 0.00133. The molecule has 0 spiro atoms. The SMILES string of the molecule is CC(C)(C)c1ccc(N2c3cc4oc5ccccc5c4c(-c4cc(-c5ccccc5)ccc4Nc4ccc5c(c4)C(C)(C)CCC5(C)C)c3[B]c3oc4cc5c(cc4c32)C(C)(C)CCC5(C)C)c(-c2ccccc2)c1. The summed E-state index contributed by atoms with van der Waals surface area (Å²) in [6, 6.07) is 58.6. The second-order valence-electron chi connectivity index (χ2n) is 25.7. The second-order valence-corrected chi connectivity index (χ2v) is 25.7. The topological polar surface area (TPSA) is 41.6 Å². The maximum Gasteiger partial charge on any atom is 0.247 e. The van der Waals surface area contributed by atoms with Crippen molar-refractivity contribution in [2.24, 2.45) is 0 Å². The van der Waals surface area contributed by atoms with Crippen LogP contribution < -0.4 is 21.3 Å². The molecule has 5 heteroatoms. The van der Waals surface area contributed by atoms with E-state index in [1.54, 1.807) is 0 Å². The van der Waals surface area contributed by atoms with Gasteiger partial charge in [0.25, 0.3) is 0 Å². The Bertz CT molecular complexity index is 3940. The van der Waals surface area contributed by atoms with Gasteiger partial charge in [0.2, 0.25) is 7.28 Å². The van der Waals surface area contributed by atoms with Gasteiger partial charge in [0.1, 0.15) is 16.7 Å². The average Bonchev–Trinajstić information content (AvgIpc) is 3.98. The lowest BCUT2D eigenvalue weighted by molar-refractivity contribution is 0.332. The van der Waals surface area contributed by atoms with Crippen LogP contribution in [0.25, 0.3) is 66.3 Å². The molecule has 0 unspecified atom stereocenters. The predicted molar refractivity (Wildman–Crippen MR) is 319 cm³/mol. The Labute approximate surface area is 444 Å². The molecule has 2 aromatic heterocycles. The minimum atomic E-state index is -0.0780. The third-order valence-corrected chi connectivity index (χ3v) is 17.8. The Morgan fingerprint density at radius 1 is 0.480 bits per heavy atom. The maximum atomic E-state index is 7.39. The van der Waals surface area contributed by atoms with Crippen LogP contribution in [-0.2, 0) is 27.1 Å². The summed E-state index contributed by atoms with van der Waals surface area (Å²) in [5, 5.41) is 7.35. The standard InChI is InChI=1S/C70H68BN2O2/c1-66(2,3)45-27-31-56(48(37-45)43-22-16-13-17-23-43)73-57-41-60-61(47-24-18-19-25-58(47)74-60)62(63(57)71-65-64(73)50-39-53-54(40-59(50)75-65)70(10,11)35-34-69(53,8)9)49-36-44(42-20-14-12-15-21-42)26-30-55(49)72-46-28-29-51-52(38-46)68(6,7)33-32-67(51,4)5/h12-31,36-41,72H,32-35H2,1-11H3. The Morgan fingerprint density at radius 3 is 1.80 bits per heavy atom. The van der Waals surface area contributed by atoms with Crippen molar-refractivity contribution >= 4 is 79.7 Å². The number of nitrogens with zero attached hydrogens (tertiary/aromatic N) is 1. The highest BCUT2D eigenvalue weighted by Gasteiger charge is 2.42. The zero-order valence-electron chi connectivity index (χ0n) is 45.7. The molecule has 1 N–H and O–H groups in total. The highest BCUT2D eigenvalue weighted by atomic mass is 16.3. The van der Waals surface area contributed by atoms with Crippen molar-refractivity contribution < 1.29 is 8.83 Å². The van der Waals surface area contributed by atoms with Crippen LogP contribution in [0.4, 0.5) is 28.4 Å². The molecule has 10 aromatic rings. The lowest BCUT2D eigenvalue weighted by Crippen LogP contribution is -2.40. The molecule has 1 aliphatic heterocycles. The van der Waals surface area contributed by atoms with E-state index < -0.39 is 0 Å². The van der Waals surface area contributed by atoms with Crippen molar-refractivity contribution in [1.82, 2.24) is 0 Å². The Kier molecular flexibility index (Phi) is 10.5. The second kappa shape index (κ2) is 16.6. The molecular weight excluding hydrogens is 912 g/mol. The molecule has 0 bridgehead atoms. The first-order valence-corrected chi connectivity index (χ1v) is 27.3. The lowest BCUT2D eigenvalue weighted by atomic mass is 9.60. The van der Waals surface area contributed by atoms with Crippen LogP contribution in [0, 0.1) is 0 Å². The normalized spacial score (nSPS) is 17.0. The van der Waals surface area contributed by atoms with Gasteiger partial charge in [-0.1, -0.05) is 173 Å². The quantitative estimate of drug-likeness (QED) is 0.169. The van der Waals surface area contributed by atoms with Crippen molar-refractivity contribution in [1.29, 1.82) is 0 Å². The molecule has 0 fully saturated rings. The van der Waals surface area contributed by atoms with Crippen LogP contribution in [0.1, 0.15) is 130 Å². The smallest absolute Gasteiger partial charge is 0.247 e. The third kappa shape index (κ3) is 7.70. The fraction of sp³-hybridized carbons (Fsp3) is 0.286. The summed E-state index contributed by atoms with van der Waals surface area (Å²) in [4.78, 5) is 2.52. The van der Waals surface area contributed by atoms with Gasteiger partial charge in [0.05, 0.1) is 17.0 Å². The summed E-state index contributed by atoms with van der Waals surface area (Å²) in [6.07, 6.45) is 4.56. The van der Waals surface area contributed by atoms with Gasteiger partial charge in [-0.15, -0.1) is 0 Å². The molecule has 75 heavy (non-hydrogen) atoms. The van der Waals surface area contributed by atoms with Gasteiger partial charge in [-0.05, 0) is 163 Å². The number of furan rings is 2. The van der Waals surface area contributed by atoms with Crippen LogP contribution in [0.5, 0.6) is 0 Å². The zero-order chi connectivity index (χ0) is 52.0. The molecule has 8 aromatic carbocycles. The van der Waals surface area contributed by atoms with Gasteiger partial charge in [-0.25, -0.2) is 0 Å². The van der Waals surface area contributed by atoms with Crippen molar-refractivity contribution in [3.05, 3.63) is 186 Å². The Hall–Kier alpha value is -7.24. The van der Waals surface area contributed by atoms with E-state index in [9.17, 15) is 0 Å². The molecule has 2 aliphatic carbocycles. The Morgan fingerprint density at radius 2 is 1.11 bits per heavy atom. The van der Waals surface area contributed by atoms with Gasteiger partial charge in [-0.3, -0.25) is 0 Å². The highest BCUT2D eigenvalue weighted by Crippen LogP contribution is 2.54. The summed E-state index contributed by atoms with van der Waals surface area (Å²) in [6.45, 7) is 26.2. The molecule has 0 saturated carbocycles. The molecule has 0 amide bonds. The minimum Gasteiger partial charge on any atom is -0.469 e. The molecule has 373 valence electrons. The molecule has 3 aliphatic rings. The zero-order valence-corrected chi connectivity index (χ0v) is 45.7. The van der Waals surface area contributed by atoms with Crippen LogP contribution >= 0.6 is 0 Å². The van der Waals surface area contributed by atoms with Crippen LogP contribution in [0.3, 0.4) is 0 Å². The molecule has 3 heterocycles. The number of rotatable bonds is 6. The van der Waals surface area contributed by atoms with Crippen molar-refractivity contribution in [2.45, 2.75) is 129 Å². The number of nitrogens with one attached hydrogen (secondary N) is 1. The summed E-state index contributed by atoms with van der Waals surface area (Å²) < 4.78 is 14.5. The van der Waals surface area contributed by atoms with Gasteiger partial charge in [-0.2, -0.15) is 0 Å². The van der Waals surface area contributed by atoms with E-state index in [1.807, 2.05) is 0 Å². The van der Waals surface area contributed by atoms with Crippen LogP contribution in [-0.4, -0.2) is 7.28 Å². The fourth-order valence-electron chi connectivity index (χ4n) is 13.0. The summed E-state index contributed by atoms with van der Waals surface area (Å²) in [5.41, 5.74) is 23.6. The predicted octanol–water partition coefficient (Wildman–Crippen LogP) is 18.5. The number of hydrogen-bond acceptors (Lipinski definition) is 4. The van der Waals surface area contributed by atoms with Gasteiger partial charge >= 0.3 is 0 Å². The van der Waals surface area contributed by atoms with Crippen LogP contribution in [0.2, 0.25) is 0 Å². The van der Waals surface area contributed by atoms with Gasteiger partial charge in [0, 0.05) is 50.4 Å². The number of para-hydroxylation sites is 1. The molecule has 1 radical (unpaired) electrons. The molecule has 0 atom stereocenters. The van der Waals surface area contributed by atoms with E-state index in [0.717, 1.165) is 125 Å². The van der Waals surface area contributed by atoms with E-state index in [2.05, 4.69) is 251 Å². The van der Waals surface area contributed by atoms with E-state index in [-0.39, 0.29) is 27.1 Å². The number of hydrogen-bond donors (Lipinski definition) is 1. The monoisotopic (exact) mass is 980 g/mol. The van der Waals surface area contributed by atoms with Crippen LogP contribution in [0.15, 0.2) is 167 Å². The molecule has 4 nitrogen and oxygen atoms in total. The number of anilines is 5. The van der Waals surface area contributed by atoms with E-state index >= 15 is 0 Å². The van der Waals surface area contributed by atoms with Crippen molar-refractivity contribution in [3.63, 3.8) is 0 Å². The van der Waals surface area contributed by atoms with E-state index in [4.69, 9.17) is 8.83 Å². The Balaban J connectivity index is 1.14. The van der Waals surface area contributed by atoms with E-state index in [1.165, 1.54) is 34.2 Å². The highest BCUT2D eigenvalue weighted by molar-refractivity contribution is 6.73. The number of benzene rings is 8. The first kappa shape index (κ1) is 47.5. The molecular formula is C70H68BN2O2. The summed E-state index contributed by atoms with van der Waals surface area (Å²) in [7, 11) is 2.35. The first-order chi connectivity index (χ1) is 35.8. The first-order valence-electron chi connectivity index (χ1n) is 27.3. The van der Waals surface area contributed by atoms with Gasteiger partial charge in [0.15, 0.2) is 0 Å². The van der Waals surface area contributed by atoms with Crippen molar-refractivity contribution in [2.75, 3.05) is 10.2 Å². The third-order valence-electron chi connectivity index (χ3n) is 17.8. The summed E-state index contributed by atoms with van der Waals surface area (Å²) >= 11 is 0. The fourth-order valence-corrected chi connectivity index (χ4v) is 13.0. The number of fused-ring (bicyclic) bond motifs is 9. The lowest BCUT2D eigenvalue weighted by Gasteiger charge is -2.42. The summed E-state index contributed by atoms with van der Waals surface area (Å²) in [5.74, 6) is 0. The maximum absolute atomic E-state index is 7.39. The van der Waals surface area contributed by atoms with E-state index in [0.29, 0.717) is 0 Å². The van der Waals surface area contributed by atoms with Crippen molar-refractivity contribution in [3.8, 4) is 33.4 Å².